The molecule has 3 saturated carbocycles. The number of carbonyl (C=O) groups is 1. The molecule has 4 rings (SSSR count). The van der Waals surface area contributed by atoms with E-state index in [0.717, 1.165) is 42.4 Å². The first kappa shape index (κ1) is 20.3. The lowest BCUT2D eigenvalue weighted by Crippen LogP contribution is -2.35. The van der Waals surface area contributed by atoms with Crippen LogP contribution in [0.25, 0.3) is 0 Å². The summed E-state index contributed by atoms with van der Waals surface area (Å²) in [5.74, 6) is 5.38. The Morgan fingerprint density at radius 3 is 2.11 bits per heavy atom. The molecule has 2 nitrogen and oxygen atoms in total. The number of hydrogen-bond acceptors (Lipinski definition) is 2. The minimum absolute atomic E-state index is 0.0534. The third-order valence-corrected chi connectivity index (χ3v) is 8.40. The second kappa shape index (κ2) is 9.20. The summed E-state index contributed by atoms with van der Waals surface area (Å²) in [6.07, 6.45) is 14.6. The molecular weight excluding hydrogens is 368 g/mol. The van der Waals surface area contributed by atoms with E-state index in [1.54, 1.807) is 24.3 Å². The number of ether oxygens (including phenoxy) is 1. The quantitative estimate of drug-likeness (QED) is 0.390. The smallest absolute Gasteiger partial charge is 0.314 e. The van der Waals surface area contributed by atoms with E-state index >= 15 is 0 Å². The van der Waals surface area contributed by atoms with Crippen LogP contribution in [0.2, 0.25) is 5.02 Å². The average molecular weight is 403 g/mol. The van der Waals surface area contributed by atoms with E-state index in [9.17, 15) is 4.79 Å². The van der Waals surface area contributed by atoms with Gasteiger partial charge in [-0.2, -0.15) is 0 Å². The molecule has 0 aliphatic heterocycles. The molecule has 3 heteroatoms. The first-order chi connectivity index (χ1) is 13.6. The van der Waals surface area contributed by atoms with Gasteiger partial charge in [0.1, 0.15) is 5.75 Å². The Hall–Kier alpha value is -1.02. The summed E-state index contributed by atoms with van der Waals surface area (Å²) < 4.78 is 5.58. The van der Waals surface area contributed by atoms with Gasteiger partial charge in [0, 0.05) is 5.02 Å². The summed E-state index contributed by atoms with van der Waals surface area (Å²) in [5.41, 5.74) is 0. The topological polar surface area (TPSA) is 26.3 Å². The molecule has 0 aromatic heterocycles. The maximum Gasteiger partial charge on any atom is 0.314 e. The highest BCUT2D eigenvalue weighted by Gasteiger charge is 2.39. The van der Waals surface area contributed by atoms with Gasteiger partial charge in [-0.1, -0.05) is 31.4 Å². The Bertz CT molecular complexity index is 647. The highest BCUT2D eigenvalue weighted by atomic mass is 35.5. The Kier molecular flexibility index (Phi) is 6.66. The van der Waals surface area contributed by atoms with Crippen molar-refractivity contribution in [3.05, 3.63) is 29.3 Å². The van der Waals surface area contributed by atoms with Crippen LogP contribution in [0.15, 0.2) is 24.3 Å². The molecule has 0 N–H and O–H groups in total. The first-order valence-corrected chi connectivity index (χ1v) is 12.0. The minimum atomic E-state index is -0.0534. The summed E-state index contributed by atoms with van der Waals surface area (Å²) in [6.45, 7) is 2.37. The molecule has 0 saturated heterocycles. The Balaban J connectivity index is 1.24. The highest BCUT2D eigenvalue weighted by molar-refractivity contribution is 6.30. The molecule has 28 heavy (non-hydrogen) atoms. The van der Waals surface area contributed by atoms with Gasteiger partial charge in [-0.15, -0.1) is 0 Å². The third-order valence-electron chi connectivity index (χ3n) is 8.14. The van der Waals surface area contributed by atoms with E-state index < -0.39 is 0 Å². The molecule has 154 valence electrons. The summed E-state index contributed by atoms with van der Waals surface area (Å²) in [7, 11) is 0. The van der Waals surface area contributed by atoms with Crippen molar-refractivity contribution in [3.63, 3.8) is 0 Å². The molecule has 1 aromatic rings. The first-order valence-electron chi connectivity index (χ1n) is 11.6. The molecule has 3 fully saturated rings. The third kappa shape index (κ3) is 4.75. The Morgan fingerprint density at radius 1 is 0.857 bits per heavy atom. The summed E-state index contributed by atoms with van der Waals surface area (Å²) in [4.78, 5) is 12.5. The summed E-state index contributed by atoms with van der Waals surface area (Å²) in [5, 5.41) is 0.665. The second-order valence-corrected chi connectivity index (χ2v) is 10.1. The van der Waals surface area contributed by atoms with Crippen LogP contribution in [0.5, 0.6) is 5.75 Å². The molecule has 0 spiro atoms. The van der Waals surface area contributed by atoms with Gasteiger partial charge in [-0.25, -0.2) is 0 Å². The lowest BCUT2D eigenvalue weighted by molar-refractivity contribution is -0.140. The fourth-order valence-corrected chi connectivity index (χ4v) is 6.48. The van der Waals surface area contributed by atoms with Gasteiger partial charge in [0.25, 0.3) is 0 Å². The fourth-order valence-electron chi connectivity index (χ4n) is 6.35. The van der Waals surface area contributed by atoms with Crippen molar-refractivity contribution < 1.29 is 9.53 Å². The molecule has 0 heterocycles. The predicted molar refractivity (Wildman–Crippen MR) is 114 cm³/mol. The number of halogens is 1. The van der Waals surface area contributed by atoms with Crippen LogP contribution >= 0.6 is 11.6 Å². The van der Waals surface area contributed by atoms with Gasteiger partial charge in [-0.05, 0) is 112 Å². The Labute approximate surface area is 175 Å². The largest absolute Gasteiger partial charge is 0.426 e. The number of hydrogen-bond donors (Lipinski definition) is 0. The zero-order valence-electron chi connectivity index (χ0n) is 17.2. The van der Waals surface area contributed by atoms with Gasteiger partial charge in [0.2, 0.25) is 0 Å². The summed E-state index contributed by atoms with van der Waals surface area (Å²) in [6, 6.07) is 7.09. The maximum absolute atomic E-state index is 12.5. The van der Waals surface area contributed by atoms with Crippen LogP contribution in [0, 0.1) is 35.5 Å². The van der Waals surface area contributed by atoms with Crippen molar-refractivity contribution >= 4 is 17.6 Å². The van der Waals surface area contributed by atoms with E-state index in [1.165, 1.54) is 57.8 Å². The SMILES string of the molecule is CCC1CCC2CC(C3CCC(C(=O)Oc4ccc(Cl)cc4)CC3)CCC2C1. The van der Waals surface area contributed by atoms with Crippen molar-refractivity contribution in [2.24, 2.45) is 35.5 Å². The van der Waals surface area contributed by atoms with Gasteiger partial charge in [0.15, 0.2) is 0 Å². The highest BCUT2D eigenvalue weighted by Crippen LogP contribution is 2.49. The number of esters is 1. The number of benzene rings is 1. The van der Waals surface area contributed by atoms with Crippen LogP contribution in [-0.2, 0) is 4.79 Å². The second-order valence-electron chi connectivity index (χ2n) is 9.67. The van der Waals surface area contributed by atoms with Crippen molar-refractivity contribution in [2.75, 3.05) is 0 Å². The van der Waals surface area contributed by atoms with Crippen LogP contribution in [0.4, 0.5) is 0 Å². The van der Waals surface area contributed by atoms with Crippen molar-refractivity contribution in [2.45, 2.75) is 77.6 Å². The van der Waals surface area contributed by atoms with Gasteiger partial charge in [-0.3, -0.25) is 4.79 Å². The van der Waals surface area contributed by atoms with E-state index in [4.69, 9.17) is 16.3 Å². The number of rotatable bonds is 4. The van der Waals surface area contributed by atoms with Crippen molar-refractivity contribution in [3.8, 4) is 5.75 Å². The predicted octanol–water partition coefficient (Wildman–Crippen LogP) is 7.29. The number of fused-ring (bicyclic) bond motifs is 1. The molecule has 0 amide bonds. The molecule has 3 aliphatic rings. The molecule has 3 aliphatic carbocycles. The fraction of sp³-hybridized carbons (Fsp3) is 0.720. The van der Waals surface area contributed by atoms with Crippen molar-refractivity contribution in [1.82, 2.24) is 0 Å². The van der Waals surface area contributed by atoms with E-state index in [0.29, 0.717) is 10.8 Å². The zero-order valence-corrected chi connectivity index (χ0v) is 18.0. The van der Waals surface area contributed by atoms with Crippen LogP contribution in [0.3, 0.4) is 0 Å². The van der Waals surface area contributed by atoms with E-state index in [-0.39, 0.29) is 11.9 Å². The minimum Gasteiger partial charge on any atom is -0.426 e. The van der Waals surface area contributed by atoms with Gasteiger partial charge < -0.3 is 4.74 Å². The van der Waals surface area contributed by atoms with Crippen molar-refractivity contribution in [1.29, 1.82) is 0 Å². The standard InChI is InChI=1S/C25H35ClO2/c1-2-17-3-4-22-16-21(10-9-20(22)15-17)18-5-7-19(8-6-18)25(27)28-24-13-11-23(26)12-14-24/h11-14,17-22H,2-10,15-16H2,1H3. The molecule has 0 radical (unpaired) electrons. The molecular formula is C25H35ClO2. The van der Waals surface area contributed by atoms with E-state index in [2.05, 4.69) is 6.92 Å². The molecule has 1 aromatic carbocycles. The van der Waals surface area contributed by atoms with E-state index in [1.807, 2.05) is 0 Å². The van der Waals surface area contributed by atoms with Crippen LogP contribution in [-0.4, -0.2) is 5.97 Å². The van der Waals surface area contributed by atoms with Gasteiger partial charge >= 0.3 is 5.97 Å². The Morgan fingerprint density at radius 2 is 1.43 bits per heavy atom. The van der Waals surface area contributed by atoms with Crippen LogP contribution in [0.1, 0.15) is 77.6 Å². The maximum atomic E-state index is 12.5. The van der Waals surface area contributed by atoms with Gasteiger partial charge in [0.05, 0.1) is 5.92 Å². The molecule has 4 unspecified atom stereocenters. The van der Waals surface area contributed by atoms with Crippen LogP contribution < -0.4 is 4.74 Å². The average Bonchev–Trinajstić information content (AvgIpc) is 2.74. The lowest BCUT2D eigenvalue weighted by Gasteiger charge is -2.45. The molecule has 0 bridgehead atoms. The summed E-state index contributed by atoms with van der Waals surface area (Å²) >= 11 is 5.90. The lowest BCUT2D eigenvalue weighted by atomic mass is 9.61. The normalized spacial score (nSPS) is 35.8. The zero-order chi connectivity index (χ0) is 19.5. The molecule has 4 atom stereocenters. The monoisotopic (exact) mass is 402 g/mol. The number of carbonyl (C=O) groups excluding carboxylic acids is 1.